The van der Waals surface area contributed by atoms with Gasteiger partial charge in [0.25, 0.3) is 0 Å². The first kappa shape index (κ1) is 32.1. The van der Waals surface area contributed by atoms with Gasteiger partial charge in [0.2, 0.25) is 0 Å². The molecule has 0 N–H and O–H groups in total. The number of furan rings is 1. The molecule has 0 spiro atoms. The van der Waals surface area contributed by atoms with Crippen LogP contribution in [0.2, 0.25) is 0 Å². The monoisotopic (exact) mass is 718 g/mol. The summed E-state index contributed by atoms with van der Waals surface area (Å²) < 4.78 is 6.58. The van der Waals surface area contributed by atoms with Gasteiger partial charge in [0.1, 0.15) is 11.3 Å². The SMILES string of the molecule is C1=CC2C(c3ccccc3N2c2ccccc2)c2c1oc1ccc(-c3nc(-c4cccc(-c5ccccc5)c4)nc(-c4cccc(-c5ccccc5)c4)n3)cc21. The van der Waals surface area contributed by atoms with Crippen LogP contribution in [0.25, 0.3) is 73.5 Å². The van der Waals surface area contributed by atoms with Gasteiger partial charge < -0.3 is 9.32 Å². The number of aromatic nitrogens is 3. The van der Waals surface area contributed by atoms with Crippen LogP contribution in [0.4, 0.5) is 11.4 Å². The Kier molecular flexibility index (Phi) is 7.56. The Hall–Kier alpha value is -7.37. The average Bonchev–Trinajstić information content (AvgIpc) is 3.82. The van der Waals surface area contributed by atoms with Gasteiger partial charge in [-0.1, -0.05) is 140 Å². The smallest absolute Gasteiger partial charge is 0.164 e. The fourth-order valence-corrected chi connectivity index (χ4v) is 8.49. The zero-order valence-corrected chi connectivity index (χ0v) is 30.3. The van der Waals surface area contributed by atoms with Crippen LogP contribution in [0.3, 0.4) is 0 Å². The molecule has 5 heteroatoms. The van der Waals surface area contributed by atoms with Crippen molar-refractivity contribution in [3.63, 3.8) is 0 Å². The van der Waals surface area contributed by atoms with Crippen molar-refractivity contribution in [2.45, 2.75) is 12.0 Å². The van der Waals surface area contributed by atoms with Crippen LogP contribution in [-0.2, 0) is 0 Å². The second-order valence-electron chi connectivity index (χ2n) is 14.4. The molecule has 56 heavy (non-hydrogen) atoms. The molecule has 0 saturated heterocycles. The lowest BCUT2D eigenvalue weighted by atomic mass is 9.82. The molecule has 0 bridgehead atoms. The van der Waals surface area contributed by atoms with Gasteiger partial charge in [-0.25, -0.2) is 15.0 Å². The first-order valence-electron chi connectivity index (χ1n) is 19.0. The summed E-state index contributed by atoms with van der Waals surface area (Å²) in [5.74, 6) is 2.84. The van der Waals surface area contributed by atoms with Crippen molar-refractivity contribution in [1.29, 1.82) is 0 Å². The first-order valence-corrected chi connectivity index (χ1v) is 19.0. The van der Waals surface area contributed by atoms with Gasteiger partial charge in [-0.05, 0) is 82.4 Å². The van der Waals surface area contributed by atoms with Crippen molar-refractivity contribution in [2.75, 3.05) is 4.90 Å². The van der Waals surface area contributed by atoms with Gasteiger partial charge in [0.05, 0.1) is 6.04 Å². The lowest BCUT2D eigenvalue weighted by Crippen LogP contribution is -2.30. The van der Waals surface area contributed by atoms with Crippen LogP contribution in [0.15, 0.2) is 192 Å². The third-order valence-electron chi connectivity index (χ3n) is 11.1. The van der Waals surface area contributed by atoms with Crippen LogP contribution >= 0.6 is 0 Å². The van der Waals surface area contributed by atoms with Crippen molar-refractivity contribution >= 4 is 28.4 Å². The maximum Gasteiger partial charge on any atom is 0.164 e. The van der Waals surface area contributed by atoms with Gasteiger partial charge in [-0.15, -0.1) is 0 Å². The normalized spacial score (nSPS) is 15.4. The van der Waals surface area contributed by atoms with Crippen molar-refractivity contribution in [1.82, 2.24) is 15.0 Å². The van der Waals surface area contributed by atoms with Crippen molar-refractivity contribution < 1.29 is 4.42 Å². The van der Waals surface area contributed by atoms with E-state index in [1.54, 1.807) is 0 Å². The number of para-hydroxylation sites is 2. The molecule has 3 heterocycles. The highest BCUT2D eigenvalue weighted by atomic mass is 16.3. The van der Waals surface area contributed by atoms with E-state index < -0.39 is 0 Å². The molecule has 0 saturated carbocycles. The maximum absolute atomic E-state index is 6.58. The molecule has 2 aliphatic rings. The molecule has 2 unspecified atom stereocenters. The van der Waals surface area contributed by atoms with Crippen molar-refractivity contribution in [3.05, 3.63) is 205 Å². The quantitative estimate of drug-likeness (QED) is 0.171. The van der Waals surface area contributed by atoms with E-state index in [1.807, 2.05) is 12.1 Å². The van der Waals surface area contributed by atoms with Gasteiger partial charge in [0.15, 0.2) is 17.5 Å². The molecule has 0 radical (unpaired) electrons. The molecule has 11 rings (SSSR count). The number of fused-ring (bicyclic) bond motifs is 7. The molecule has 1 aliphatic heterocycles. The molecule has 2 atom stereocenters. The zero-order valence-electron chi connectivity index (χ0n) is 30.3. The lowest BCUT2D eigenvalue weighted by molar-refractivity contribution is 0.584. The van der Waals surface area contributed by atoms with Crippen LogP contribution in [0.5, 0.6) is 0 Å². The van der Waals surface area contributed by atoms with Crippen molar-refractivity contribution in [3.8, 4) is 56.4 Å². The van der Waals surface area contributed by atoms with Gasteiger partial charge in [0, 0.05) is 44.9 Å². The summed E-state index contributed by atoms with van der Waals surface area (Å²) in [6.07, 6.45) is 4.44. The Morgan fingerprint density at radius 2 is 0.964 bits per heavy atom. The van der Waals surface area contributed by atoms with Crippen molar-refractivity contribution in [2.24, 2.45) is 0 Å². The molecular formula is C51H34N4O. The Balaban J connectivity index is 1.07. The van der Waals surface area contributed by atoms with E-state index >= 15 is 0 Å². The summed E-state index contributed by atoms with van der Waals surface area (Å²) >= 11 is 0. The third kappa shape index (κ3) is 5.44. The Morgan fingerprint density at radius 1 is 0.446 bits per heavy atom. The van der Waals surface area contributed by atoms with Crippen LogP contribution in [0, 0.1) is 0 Å². The molecule has 7 aromatic carbocycles. The molecule has 5 nitrogen and oxygen atoms in total. The zero-order chi connectivity index (χ0) is 37.0. The summed E-state index contributed by atoms with van der Waals surface area (Å²) in [4.78, 5) is 18.0. The van der Waals surface area contributed by atoms with E-state index in [9.17, 15) is 0 Å². The van der Waals surface area contributed by atoms with E-state index in [4.69, 9.17) is 19.4 Å². The minimum Gasteiger partial charge on any atom is -0.456 e. The van der Waals surface area contributed by atoms with Gasteiger partial charge in [-0.2, -0.15) is 0 Å². The molecular weight excluding hydrogens is 685 g/mol. The van der Waals surface area contributed by atoms with Crippen LogP contribution in [-0.4, -0.2) is 21.0 Å². The Labute approximate surface area is 324 Å². The molecule has 264 valence electrons. The van der Waals surface area contributed by atoms with E-state index in [0.717, 1.165) is 55.7 Å². The standard InChI is InChI=1S/C51H34N4O/c1-4-14-33(15-5-1)35-18-12-20-37(30-35)49-52-50(38-21-13-19-36(31-38)34-16-6-2-7-17-34)54-51(53-49)39-26-28-45-42(32-39)48-46(56-45)29-27-44-47(48)41-24-10-11-25-43(41)55(44)40-22-8-3-9-23-40/h1-32,44,47H. The van der Waals surface area contributed by atoms with Crippen LogP contribution < -0.4 is 4.90 Å². The molecule has 9 aromatic rings. The Morgan fingerprint density at radius 3 is 1.59 bits per heavy atom. The second-order valence-corrected chi connectivity index (χ2v) is 14.4. The number of benzene rings is 7. The largest absolute Gasteiger partial charge is 0.456 e. The highest BCUT2D eigenvalue weighted by molar-refractivity contribution is 5.93. The number of hydrogen-bond acceptors (Lipinski definition) is 5. The Bertz CT molecular complexity index is 2830. The minimum absolute atomic E-state index is 0.0915. The fourth-order valence-electron chi connectivity index (χ4n) is 8.49. The van der Waals surface area contributed by atoms with E-state index in [2.05, 4.69) is 187 Å². The maximum atomic E-state index is 6.58. The van der Waals surface area contributed by atoms with Gasteiger partial charge in [-0.3, -0.25) is 0 Å². The number of hydrogen-bond donors (Lipinski definition) is 0. The first-order chi connectivity index (χ1) is 27.7. The summed E-state index contributed by atoms with van der Waals surface area (Å²) in [7, 11) is 0. The number of rotatable bonds is 6. The molecule has 0 fully saturated rings. The number of anilines is 2. The summed E-state index contributed by atoms with van der Waals surface area (Å²) in [5, 5.41) is 1.07. The molecule has 0 amide bonds. The topological polar surface area (TPSA) is 55.1 Å². The number of nitrogens with zero attached hydrogens (tertiary/aromatic N) is 4. The molecule has 1 aliphatic carbocycles. The second kappa shape index (κ2) is 13.2. The molecule has 2 aromatic heterocycles. The average molecular weight is 719 g/mol. The van der Waals surface area contributed by atoms with E-state index in [-0.39, 0.29) is 12.0 Å². The minimum atomic E-state index is 0.0915. The fraction of sp³-hybridized carbons (Fsp3) is 0.0392. The predicted octanol–water partition coefficient (Wildman–Crippen LogP) is 12.6. The summed E-state index contributed by atoms with van der Waals surface area (Å²) in [5.41, 5.74) is 13.0. The predicted molar refractivity (Wildman–Crippen MR) is 226 cm³/mol. The highest BCUT2D eigenvalue weighted by Gasteiger charge is 2.43. The highest BCUT2D eigenvalue weighted by Crippen LogP contribution is 2.53. The van der Waals surface area contributed by atoms with Gasteiger partial charge >= 0.3 is 0 Å². The third-order valence-corrected chi connectivity index (χ3v) is 11.1. The van der Waals surface area contributed by atoms with Crippen LogP contribution in [0.1, 0.15) is 22.8 Å². The summed E-state index contributed by atoms with van der Waals surface area (Å²) in [6, 6.07) is 63.6. The van der Waals surface area contributed by atoms with E-state index in [0.29, 0.717) is 17.5 Å². The lowest BCUT2D eigenvalue weighted by Gasteiger charge is -2.30. The summed E-state index contributed by atoms with van der Waals surface area (Å²) in [6.45, 7) is 0. The van der Waals surface area contributed by atoms with E-state index in [1.165, 1.54) is 22.5 Å².